The standard InChI is InChI=1S/CH4BOPS/c1-3-4(2)5/h5H,1H3. The molecule has 0 aliphatic rings. The van der Waals surface area contributed by atoms with Crippen LogP contribution in [-0.4, -0.2) is 14.1 Å². The molecule has 4 heteroatoms. The molecule has 1 unspecified atom stereocenters. The molecule has 0 radical (unpaired) electrons. The van der Waals surface area contributed by atoms with Crippen molar-refractivity contribution in [2.24, 2.45) is 0 Å². The van der Waals surface area contributed by atoms with Gasteiger partial charge in [-0.05, 0) is 0 Å². The molecule has 0 rings (SSSR count). The number of hydrogen-bond acceptors (Lipinski definition) is 2. The normalized spacial score (nSPS) is 11.6. The monoisotopic (exact) mass is 106 g/mol. The molecular weight excluding hydrogens is 102 g/mol. The van der Waals surface area contributed by atoms with E-state index >= 15 is 0 Å². The van der Waals surface area contributed by atoms with Crippen molar-refractivity contribution in [1.82, 2.24) is 0 Å². The van der Waals surface area contributed by atoms with Crippen molar-refractivity contribution in [3.05, 3.63) is 0 Å². The molecule has 0 aliphatic carbocycles. The summed E-state index contributed by atoms with van der Waals surface area (Å²) in [5.74, 6) is 0. The van der Waals surface area contributed by atoms with Crippen molar-refractivity contribution in [3.63, 3.8) is 0 Å². The topological polar surface area (TPSA) is 9.23 Å². The van der Waals surface area contributed by atoms with Crippen molar-refractivity contribution in [2.75, 3.05) is 7.11 Å². The Morgan fingerprint density at radius 1 is 2.00 bits per heavy atom. The van der Waals surface area contributed by atoms with E-state index in [2.05, 4.69) is 16.8 Å². The molecule has 0 aliphatic heterocycles. The molecule has 1 atom stereocenters. The number of rotatable bonds is 0. The van der Waals surface area contributed by atoms with Gasteiger partial charge in [-0.2, -0.15) is 0 Å². The minimum absolute atomic E-state index is 0.904. The fraction of sp³-hybridized carbons (Fsp3) is 1.00. The van der Waals surface area contributed by atoms with E-state index in [4.69, 9.17) is 7.01 Å². The van der Waals surface area contributed by atoms with Crippen molar-refractivity contribution in [2.45, 2.75) is 0 Å². The maximum absolute atomic E-state index is 5.00. The van der Waals surface area contributed by atoms with Gasteiger partial charge in [0.1, 0.15) is 0 Å². The third kappa shape index (κ3) is 4.67. The predicted octanol–water partition coefficient (Wildman–Crippen LogP) is 0.958. The van der Waals surface area contributed by atoms with Crippen LogP contribution in [0.2, 0.25) is 0 Å². The molecule has 0 bridgehead atoms. The van der Waals surface area contributed by atoms with Crippen LogP contribution in [0, 0.1) is 0 Å². The van der Waals surface area contributed by atoms with Crippen molar-refractivity contribution >= 4 is 25.9 Å². The summed E-state index contributed by atoms with van der Waals surface area (Å²) < 4.78 is 4.46. The van der Waals surface area contributed by atoms with Crippen LogP contribution in [0.5, 0.6) is 0 Å². The van der Waals surface area contributed by atoms with Gasteiger partial charge in [0.15, 0.2) is 0 Å². The molecule has 0 aromatic heterocycles. The van der Waals surface area contributed by atoms with Crippen LogP contribution >= 0.6 is 18.9 Å². The third-order valence-corrected chi connectivity index (χ3v) is 1.05. The number of hydrogen-bond donors (Lipinski definition) is 1. The van der Waals surface area contributed by atoms with E-state index in [1.54, 1.807) is 0 Å². The summed E-state index contributed by atoms with van der Waals surface area (Å²) in [6, 6.07) is 0. The minimum atomic E-state index is -0.904. The van der Waals surface area contributed by atoms with E-state index in [0.717, 1.165) is 0 Å². The molecule has 0 fully saturated rings. The van der Waals surface area contributed by atoms with Crippen LogP contribution in [0.25, 0.3) is 0 Å². The first-order chi connectivity index (χ1) is 2.27. The van der Waals surface area contributed by atoms with Crippen LogP contribution < -0.4 is 0 Å². The van der Waals surface area contributed by atoms with Crippen LogP contribution in [0.4, 0.5) is 0 Å². The van der Waals surface area contributed by atoms with Crippen molar-refractivity contribution in [1.29, 1.82) is 0 Å². The Labute approximate surface area is 38.3 Å². The molecule has 5 heavy (non-hydrogen) atoms. The molecular formula is CH4BOPS. The third-order valence-electron chi connectivity index (χ3n) is 0.187. The van der Waals surface area contributed by atoms with Gasteiger partial charge in [0, 0.05) is 0 Å². The Kier molecular flexibility index (Phi) is 3.28. The Bertz CT molecular complexity index is 73.5. The molecule has 0 aromatic rings. The summed E-state index contributed by atoms with van der Waals surface area (Å²) in [5.41, 5.74) is 0. The van der Waals surface area contributed by atoms with E-state index < -0.39 is 6.67 Å². The van der Waals surface area contributed by atoms with Gasteiger partial charge >= 0.3 is 37.6 Å². The van der Waals surface area contributed by atoms with Crippen LogP contribution in [0.3, 0.4) is 0 Å². The van der Waals surface area contributed by atoms with E-state index in [-0.39, 0.29) is 0 Å². The summed E-state index contributed by atoms with van der Waals surface area (Å²) in [7, 11) is 6.52. The zero-order valence-corrected chi connectivity index (χ0v) is 4.67. The van der Waals surface area contributed by atoms with Crippen LogP contribution in [-0.2, 0) is 4.52 Å². The summed E-state index contributed by atoms with van der Waals surface area (Å²) in [6.45, 7) is -0.904. The van der Waals surface area contributed by atoms with Gasteiger partial charge in [0.05, 0.1) is 0 Å². The molecule has 0 N–H and O–H groups in total. The molecule has 0 heterocycles. The molecule has 0 amide bonds. The van der Waals surface area contributed by atoms with Gasteiger partial charge < -0.3 is 0 Å². The van der Waals surface area contributed by atoms with Crippen molar-refractivity contribution < 1.29 is 4.52 Å². The second-order valence-electron chi connectivity index (χ2n) is 0.485. The first kappa shape index (κ1) is 5.67. The van der Waals surface area contributed by atoms with Crippen LogP contribution in [0.15, 0.2) is 0 Å². The van der Waals surface area contributed by atoms with E-state index in [0.29, 0.717) is 0 Å². The molecule has 0 aromatic carbocycles. The average Bonchev–Trinajstić information content (AvgIpc) is 1.38. The molecule has 0 spiro atoms. The molecule has 0 saturated heterocycles. The number of thiol groups is 1. The average molecular weight is 106 g/mol. The first-order valence-corrected chi connectivity index (χ1v) is 3.53. The maximum atomic E-state index is 5.00. The SMILES string of the molecule is B#P(S)OC. The van der Waals surface area contributed by atoms with Gasteiger partial charge in [0.2, 0.25) is 0 Å². The van der Waals surface area contributed by atoms with E-state index in [9.17, 15) is 0 Å². The second-order valence-corrected chi connectivity index (χ2v) is 2.64. The Balaban J connectivity index is 2.97. The van der Waals surface area contributed by atoms with E-state index in [1.165, 1.54) is 7.11 Å². The van der Waals surface area contributed by atoms with Crippen LogP contribution in [0.1, 0.15) is 0 Å². The zero-order valence-electron chi connectivity index (χ0n) is 2.88. The van der Waals surface area contributed by atoms with E-state index in [1.807, 2.05) is 0 Å². The quantitative estimate of drug-likeness (QED) is 0.275. The van der Waals surface area contributed by atoms with Gasteiger partial charge in [-0.3, -0.25) is 0 Å². The predicted molar refractivity (Wildman–Crippen MR) is 28.7 cm³/mol. The Morgan fingerprint density at radius 3 is 2.20 bits per heavy atom. The Hall–Kier alpha value is 0.675. The van der Waals surface area contributed by atoms with Crippen molar-refractivity contribution in [3.8, 4) is 0 Å². The first-order valence-electron chi connectivity index (χ1n) is 1.05. The summed E-state index contributed by atoms with van der Waals surface area (Å²) in [5, 5.41) is 0. The second kappa shape index (κ2) is 2.89. The van der Waals surface area contributed by atoms with Gasteiger partial charge in [-0.15, -0.1) is 0 Å². The fourth-order valence-corrected chi connectivity index (χ4v) is 0. The summed E-state index contributed by atoms with van der Waals surface area (Å²) in [6.07, 6.45) is 0. The Morgan fingerprint density at radius 2 is 2.20 bits per heavy atom. The summed E-state index contributed by atoms with van der Waals surface area (Å²) in [4.78, 5) is 0. The fourth-order valence-electron chi connectivity index (χ4n) is 0. The van der Waals surface area contributed by atoms with Gasteiger partial charge in [-0.1, -0.05) is 0 Å². The molecule has 28 valence electrons. The molecule has 0 saturated carbocycles. The van der Waals surface area contributed by atoms with Gasteiger partial charge in [0.25, 0.3) is 0 Å². The summed E-state index contributed by atoms with van der Waals surface area (Å²) >= 11 is 3.72. The molecule has 1 nitrogen and oxygen atoms in total. The zero-order chi connectivity index (χ0) is 4.28. The van der Waals surface area contributed by atoms with Gasteiger partial charge in [-0.25, -0.2) is 0 Å².